The number of ether oxygens (including phenoxy) is 1. The second kappa shape index (κ2) is 5.60. The number of halogens is 4. The molecule has 0 spiro atoms. The maximum atomic E-state index is 13.6. The average molecular weight is 291 g/mol. The summed E-state index contributed by atoms with van der Waals surface area (Å²) in [4.78, 5) is 0. The van der Waals surface area contributed by atoms with Gasteiger partial charge in [-0.15, -0.1) is 0 Å². The first-order valence-corrected chi connectivity index (χ1v) is 6.60. The number of nitrogens with one attached hydrogen (secondary N) is 1. The van der Waals surface area contributed by atoms with Crippen LogP contribution in [0.2, 0.25) is 0 Å². The summed E-state index contributed by atoms with van der Waals surface area (Å²) in [5.41, 5.74) is -1.14. The van der Waals surface area contributed by atoms with E-state index in [0.29, 0.717) is 19.4 Å². The highest BCUT2D eigenvalue weighted by atomic mass is 19.2. The van der Waals surface area contributed by atoms with Gasteiger partial charge >= 0.3 is 0 Å². The molecule has 0 bridgehead atoms. The lowest BCUT2D eigenvalue weighted by atomic mass is 9.90. The van der Waals surface area contributed by atoms with E-state index in [1.165, 1.54) is 0 Å². The second-order valence-corrected chi connectivity index (χ2v) is 5.33. The van der Waals surface area contributed by atoms with Gasteiger partial charge < -0.3 is 10.1 Å². The van der Waals surface area contributed by atoms with Crippen molar-refractivity contribution in [1.82, 2.24) is 0 Å². The molecule has 20 heavy (non-hydrogen) atoms. The summed E-state index contributed by atoms with van der Waals surface area (Å²) in [5.74, 6) is -5.60. The number of hydrogen-bond donors (Lipinski definition) is 1. The Morgan fingerprint density at radius 1 is 1.25 bits per heavy atom. The predicted molar refractivity (Wildman–Crippen MR) is 67.6 cm³/mol. The molecule has 1 saturated heterocycles. The minimum atomic E-state index is -1.41. The van der Waals surface area contributed by atoms with Gasteiger partial charge in [0.25, 0.3) is 0 Å². The van der Waals surface area contributed by atoms with Crippen LogP contribution in [0.15, 0.2) is 6.07 Å². The first-order chi connectivity index (χ1) is 9.36. The Hall–Kier alpha value is -1.30. The molecule has 1 fully saturated rings. The van der Waals surface area contributed by atoms with E-state index >= 15 is 0 Å². The number of rotatable bonds is 3. The van der Waals surface area contributed by atoms with Crippen LogP contribution in [0, 0.1) is 23.3 Å². The molecular weight excluding hydrogens is 274 g/mol. The van der Waals surface area contributed by atoms with Gasteiger partial charge in [-0.3, -0.25) is 0 Å². The van der Waals surface area contributed by atoms with Gasteiger partial charge in [-0.25, -0.2) is 17.6 Å². The van der Waals surface area contributed by atoms with Crippen LogP contribution in [0.5, 0.6) is 0 Å². The Morgan fingerprint density at radius 2 is 1.85 bits per heavy atom. The Balaban J connectivity index is 2.22. The summed E-state index contributed by atoms with van der Waals surface area (Å²) in [6.07, 6.45) is 1.78. The maximum absolute atomic E-state index is 13.6. The van der Waals surface area contributed by atoms with Crippen LogP contribution < -0.4 is 5.32 Å². The van der Waals surface area contributed by atoms with Crippen LogP contribution in [-0.4, -0.2) is 18.2 Å². The molecule has 2 nitrogen and oxygen atoms in total. The van der Waals surface area contributed by atoms with E-state index in [0.717, 1.165) is 6.42 Å². The molecule has 0 aliphatic carbocycles. The first kappa shape index (κ1) is 15.1. The summed E-state index contributed by atoms with van der Waals surface area (Å²) in [6.45, 7) is 4.29. The minimum absolute atomic E-state index is 0.204. The van der Waals surface area contributed by atoms with Crippen LogP contribution in [0.1, 0.15) is 33.1 Å². The van der Waals surface area contributed by atoms with Crippen molar-refractivity contribution in [2.75, 3.05) is 11.9 Å². The highest BCUT2D eigenvalue weighted by Crippen LogP contribution is 2.32. The molecule has 1 aromatic rings. The average Bonchev–Trinajstić information content (AvgIpc) is 2.42. The van der Waals surface area contributed by atoms with Crippen LogP contribution in [0.3, 0.4) is 0 Å². The van der Waals surface area contributed by atoms with Gasteiger partial charge in [-0.1, -0.05) is 6.92 Å². The van der Waals surface area contributed by atoms with Gasteiger partial charge in [0.1, 0.15) is 5.69 Å². The highest BCUT2D eigenvalue weighted by molar-refractivity contribution is 5.48. The van der Waals surface area contributed by atoms with Crippen molar-refractivity contribution in [1.29, 1.82) is 0 Å². The van der Waals surface area contributed by atoms with E-state index in [9.17, 15) is 17.6 Å². The van der Waals surface area contributed by atoms with Crippen molar-refractivity contribution < 1.29 is 22.3 Å². The molecule has 2 unspecified atom stereocenters. The van der Waals surface area contributed by atoms with E-state index < -0.39 is 34.6 Å². The van der Waals surface area contributed by atoms with Gasteiger partial charge in [0.2, 0.25) is 0 Å². The van der Waals surface area contributed by atoms with Crippen LogP contribution >= 0.6 is 0 Å². The zero-order valence-electron chi connectivity index (χ0n) is 11.4. The third-order valence-electron chi connectivity index (χ3n) is 3.80. The fourth-order valence-electron chi connectivity index (χ4n) is 2.40. The lowest BCUT2D eigenvalue weighted by Gasteiger charge is -2.38. The number of anilines is 1. The van der Waals surface area contributed by atoms with E-state index in [-0.39, 0.29) is 12.1 Å². The summed E-state index contributed by atoms with van der Waals surface area (Å²) in [6, 6.07) is -0.0883. The molecule has 1 aromatic carbocycles. The lowest BCUT2D eigenvalue weighted by Crippen LogP contribution is -2.42. The van der Waals surface area contributed by atoms with Gasteiger partial charge in [0.05, 0.1) is 5.60 Å². The topological polar surface area (TPSA) is 21.3 Å². The van der Waals surface area contributed by atoms with E-state index in [1.54, 1.807) is 0 Å². The van der Waals surface area contributed by atoms with Gasteiger partial charge in [0, 0.05) is 18.7 Å². The second-order valence-electron chi connectivity index (χ2n) is 5.33. The Kier molecular flexibility index (Phi) is 4.22. The fraction of sp³-hybridized carbons (Fsp3) is 0.571. The van der Waals surface area contributed by atoms with Crippen molar-refractivity contribution in [3.8, 4) is 0 Å². The molecule has 0 aromatic heterocycles. The zero-order chi connectivity index (χ0) is 14.9. The summed E-state index contributed by atoms with van der Waals surface area (Å²) >= 11 is 0. The predicted octanol–water partition coefficient (Wildman–Crippen LogP) is 4.00. The molecule has 1 heterocycles. The number of benzene rings is 1. The molecule has 1 aliphatic heterocycles. The minimum Gasteiger partial charge on any atom is -0.377 e. The van der Waals surface area contributed by atoms with Crippen LogP contribution in [0.25, 0.3) is 0 Å². The van der Waals surface area contributed by atoms with Gasteiger partial charge in [-0.2, -0.15) is 0 Å². The molecular formula is C14H17F4NO. The number of hydrogen-bond acceptors (Lipinski definition) is 2. The highest BCUT2D eigenvalue weighted by Gasteiger charge is 2.33. The summed E-state index contributed by atoms with van der Waals surface area (Å²) < 4.78 is 59.1. The monoisotopic (exact) mass is 291 g/mol. The van der Waals surface area contributed by atoms with Crippen molar-refractivity contribution in [2.45, 2.75) is 44.8 Å². The summed E-state index contributed by atoms with van der Waals surface area (Å²) in [7, 11) is 0. The standard InChI is InChI=1S/C14H17F4NO/c1-3-14(2)7-8(4-5-20-14)19-13-11(17)9(15)6-10(16)12(13)18/h6,8,19H,3-5,7H2,1-2H3. The maximum Gasteiger partial charge on any atom is 0.185 e. The third kappa shape index (κ3) is 2.90. The van der Waals surface area contributed by atoms with Crippen molar-refractivity contribution in [2.24, 2.45) is 0 Å². The Labute approximate surface area is 115 Å². The van der Waals surface area contributed by atoms with E-state index in [4.69, 9.17) is 4.74 Å². The molecule has 0 radical (unpaired) electrons. The van der Waals surface area contributed by atoms with Crippen LogP contribution in [0.4, 0.5) is 23.2 Å². The quantitative estimate of drug-likeness (QED) is 0.671. The molecule has 1 N–H and O–H groups in total. The van der Waals surface area contributed by atoms with E-state index in [1.807, 2.05) is 13.8 Å². The van der Waals surface area contributed by atoms with Crippen LogP contribution in [-0.2, 0) is 4.74 Å². The fourth-order valence-corrected chi connectivity index (χ4v) is 2.40. The molecule has 6 heteroatoms. The molecule has 2 atom stereocenters. The van der Waals surface area contributed by atoms with Crippen molar-refractivity contribution in [3.63, 3.8) is 0 Å². The SMILES string of the molecule is CCC1(C)CC(Nc2c(F)c(F)cc(F)c2F)CCO1. The Bertz CT molecular complexity index is 482. The van der Waals surface area contributed by atoms with Crippen molar-refractivity contribution >= 4 is 5.69 Å². The molecule has 2 rings (SSSR count). The Morgan fingerprint density at radius 3 is 2.40 bits per heavy atom. The van der Waals surface area contributed by atoms with Crippen molar-refractivity contribution in [3.05, 3.63) is 29.3 Å². The van der Waals surface area contributed by atoms with Gasteiger partial charge in [-0.05, 0) is 26.2 Å². The van der Waals surface area contributed by atoms with Gasteiger partial charge in [0.15, 0.2) is 23.3 Å². The zero-order valence-corrected chi connectivity index (χ0v) is 11.4. The molecule has 0 amide bonds. The third-order valence-corrected chi connectivity index (χ3v) is 3.80. The normalized spacial score (nSPS) is 26.6. The largest absolute Gasteiger partial charge is 0.377 e. The molecule has 112 valence electrons. The lowest BCUT2D eigenvalue weighted by molar-refractivity contribution is -0.0709. The molecule has 1 aliphatic rings. The smallest absolute Gasteiger partial charge is 0.185 e. The summed E-state index contributed by atoms with van der Waals surface area (Å²) in [5, 5.41) is 2.58. The molecule has 0 saturated carbocycles. The first-order valence-electron chi connectivity index (χ1n) is 6.60. The van der Waals surface area contributed by atoms with E-state index in [2.05, 4.69) is 5.32 Å².